The Bertz CT molecular complexity index is 3170. The molecule has 4 nitrogen and oxygen atoms in total. The summed E-state index contributed by atoms with van der Waals surface area (Å²) in [7, 11) is 0. The quantitative estimate of drug-likeness (QED) is 0.172. The van der Waals surface area contributed by atoms with Crippen molar-refractivity contribution >= 4 is 43.6 Å². The monoisotopic (exact) mass is 714 g/mol. The highest BCUT2D eigenvalue weighted by Gasteiger charge is 2.21. The van der Waals surface area contributed by atoms with Gasteiger partial charge in [-0.25, -0.2) is 9.97 Å². The molecule has 0 saturated heterocycles. The fourth-order valence-electron chi connectivity index (χ4n) is 8.37. The Morgan fingerprint density at radius 3 is 1.30 bits per heavy atom. The molecule has 11 rings (SSSR count). The fraction of sp³-hybridized carbons (Fsp3) is 0. The first-order chi connectivity index (χ1) is 27.8. The van der Waals surface area contributed by atoms with Crippen molar-refractivity contribution in [1.29, 1.82) is 0 Å². The zero-order valence-electron chi connectivity index (χ0n) is 30.4. The Morgan fingerprint density at radius 2 is 0.714 bits per heavy atom. The van der Waals surface area contributed by atoms with Crippen LogP contribution in [0.2, 0.25) is 0 Å². The third kappa shape index (κ3) is 5.23. The Morgan fingerprint density at radius 1 is 0.286 bits per heavy atom. The average Bonchev–Trinajstić information content (AvgIpc) is 3.80. The standard InChI is InChI=1S/C52H34N4/c1-4-16-35(17-5-1)46-34-47(36-18-6-2-7-19-36)54-52(53-46)39-22-14-20-37(32-39)38-21-15-25-41(33-38)56-49-29-13-11-27-43(49)45-31-30-44-42-26-10-12-28-48(42)55(50(44)51(45)56)40-23-8-3-9-24-40/h1-34H. The highest BCUT2D eigenvalue weighted by Crippen LogP contribution is 2.42. The zero-order valence-corrected chi connectivity index (χ0v) is 30.4. The van der Waals surface area contributed by atoms with Crippen molar-refractivity contribution in [1.82, 2.24) is 19.1 Å². The van der Waals surface area contributed by atoms with Crippen LogP contribution in [0.4, 0.5) is 0 Å². The van der Waals surface area contributed by atoms with Crippen LogP contribution in [-0.2, 0) is 0 Å². The van der Waals surface area contributed by atoms with Gasteiger partial charge in [-0.1, -0.05) is 158 Å². The Labute approximate surface area is 324 Å². The first kappa shape index (κ1) is 31.9. The van der Waals surface area contributed by atoms with Gasteiger partial charge in [0.2, 0.25) is 0 Å². The van der Waals surface area contributed by atoms with E-state index in [0.717, 1.165) is 50.6 Å². The lowest BCUT2D eigenvalue weighted by molar-refractivity contribution is 1.15. The van der Waals surface area contributed by atoms with E-state index in [1.807, 2.05) is 12.1 Å². The summed E-state index contributed by atoms with van der Waals surface area (Å²) < 4.78 is 4.89. The maximum absolute atomic E-state index is 5.12. The number of para-hydroxylation sites is 3. The number of aromatic nitrogens is 4. The van der Waals surface area contributed by atoms with Crippen LogP contribution in [-0.4, -0.2) is 19.1 Å². The average molecular weight is 715 g/mol. The summed E-state index contributed by atoms with van der Waals surface area (Å²) in [6.45, 7) is 0. The van der Waals surface area contributed by atoms with Gasteiger partial charge in [0.25, 0.3) is 0 Å². The van der Waals surface area contributed by atoms with Crippen LogP contribution in [0.15, 0.2) is 206 Å². The van der Waals surface area contributed by atoms with Crippen molar-refractivity contribution in [2.75, 3.05) is 0 Å². The lowest BCUT2D eigenvalue weighted by Crippen LogP contribution is -1.99. The van der Waals surface area contributed by atoms with Gasteiger partial charge in [-0.15, -0.1) is 0 Å². The predicted molar refractivity (Wildman–Crippen MR) is 232 cm³/mol. The van der Waals surface area contributed by atoms with E-state index in [1.54, 1.807) is 0 Å². The van der Waals surface area contributed by atoms with Crippen LogP contribution in [0, 0.1) is 0 Å². The number of fused-ring (bicyclic) bond motifs is 7. The molecule has 0 aliphatic rings. The molecule has 4 heteroatoms. The van der Waals surface area contributed by atoms with E-state index in [0.29, 0.717) is 5.82 Å². The van der Waals surface area contributed by atoms with E-state index < -0.39 is 0 Å². The number of rotatable bonds is 6. The highest BCUT2D eigenvalue weighted by atomic mass is 15.0. The molecule has 0 aliphatic heterocycles. The van der Waals surface area contributed by atoms with E-state index in [1.165, 1.54) is 43.6 Å². The topological polar surface area (TPSA) is 35.6 Å². The molecule has 0 amide bonds. The van der Waals surface area contributed by atoms with E-state index in [-0.39, 0.29) is 0 Å². The molecule has 0 bridgehead atoms. The number of nitrogens with zero attached hydrogens (tertiary/aromatic N) is 4. The minimum absolute atomic E-state index is 0.696. The molecule has 8 aromatic carbocycles. The lowest BCUT2D eigenvalue weighted by Gasteiger charge is -2.14. The summed E-state index contributed by atoms with van der Waals surface area (Å²) >= 11 is 0. The van der Waals surface area contributed by atoms with Gasteiger partial charge < -0.3 is 9.13 Å². The van der Waals surface area contributed by atoms with Crippen molar-refractivity contribution in [2.45, 2.75) is 0 Å². The smallest absolute Gasteiger partial charge is 0.160 e. The molecule has 0 N–H and O–H groups in total. The fourth-order valence-corrected chi connectivity index (χ4v) is 8.37. The van der Waals surface area contributed by atoms with E-state index in [9.17, 15) is 0 Å². The van der Waals surface area contributed by atoms with Crippen molar-refractivity contribution in [3.63, 3.8) is 0 Å². The normalized spacial score (nSPS) is 11.6. The maximum atomic E-state index is 5.12. The minimum Gasteiger partial charge on any atom is -0.307 e. The third-order valence-electron chi connectivity index (χ3n) is 10.9. The Hall–Kier alpha value is -7.56. The van der Waals surface area contributed by atoms with Crippen LogP contribution >= 0.6 is 0 Å². The first-order valence-electron chi connectivity index (χ1n) is 19.0. The molecule has 262 valence electrons. The van der Waals surface area contributed by atoms with Crippen molar-refractivity contribution in [3.05, 3.63) is 206 Å². The van der Waals surface area contributed by atoms with Crippen LogP contribution in [0.5, 0.6) is 0 Å². The summed E-state index contributed by atoms with van der Waals surface area (Å²) in [5.41, 5.74) is 14.1. The second-order valence-electron chi connectivity index (χ2n) is 14.2. The third-order valence-corrected chi connectivity index (χ3v) is 10.9. The van der Waals surface area contributed by atoms with E-state index >= 15 is 0 Å². The molecule has 0 fully saturated rings. The molecule has 56 heavy (non-hydrogen) atoms. The molecule has 0 aliphatic carbocycles. The molecule has 0 unspecified atom stereocenters. The predicted octanol–water partition coefficient (Wildman–Crippen LogP) is 13.3. The summed E-state index contributed by atoms with van der Waals surface area (Å²) in [5, 5.41) is 4.93. The number of benzene rings is 8. The van der Waals surface area contributed by atoms with Gasteiger partial charge in [0.15, 0.2) is 5.82 Å². The highest BCUT2D eigenvalue weighted by molar-refractivity contribution is 6.23. The van der Waals surface area contributed by atoms with Gasteiger partial charge in [-0.3, -0.25) is 0 Å². The van der Waals surface area contributed by atoms with E-state index in [2.05, 4.69) is 203 Å². The molecule has 0 radical (unpaired) electrons. The van der Waals surface area contributed by atoms with Crippen LogP contribution in [0.3, 0.4) is 0 Å². The zero-order chi connectivity index (χ0) is 37.0. The first-order valence-corrected chi connectivity index (χ1v) is 19.0. The molecule has 0 saturated carbocycles. The van der Waals surface area contributed by atoms with Gasteiger partial charge >= 0.3 is 0 Å². The number of hydrogen-bond donors (Lipinski definition) is 0. The molecule has 3 heterocycles. The van der Waals surface area contributed by atoms with Crippen LogP contribution in [0.25, 0.3) is 100 Å². The minimum atomic E-state index is 0.696. The Kier molecular flexibility index (Phi) is 7.46. The van der Waals surface area contributed by atoms with Crippen molar-refractivity contribution in [2.24, 2.45) is 0 Å². The maximum Gasteiger partial charge on any atom is 0.160 e. The second kappa shape index (κ2) is 13.1. The molecule has 0 spiro atoms. The molecule has 0 atom stereocenters. The molecule has 3 aromatic heterocycles. The van der Waals surface area contributed by atoms with Gasteiger partial charge in [-0.05, 0) is 59.7 Å². The van der Waals surface area contributed by atoms with Gasteiger partial charge in [0.1, 0.15) is 0 Å². The van der Waals surface area contributed by atoms with Gasteiger partial charge in [0.05, 0.1) is 33.5 Å². The molecular weight excluding hydrogens is 681 g/mol. The SMILES string of the molecule is c1ccc(-c2cc(-c3ccccc3)nc(-c3cccc(-c4cccc(-n5c6ccccc6c6ccc7c8ccccc8n(-c8ccccc8)c7c65)c4)c3)n2)cc1. The molecular formula is C52H34N4. The largest absolute Gasteiger partial charge is 0.307 e. The van der Waals surface area contributed by atoms with Crippen LogP contribution < -0.4 is 0 Å². The van der Waals surface area contributed by atoms with Crippen molar-refractivity contribution in [3.8, 4) is 56.4 Å². The summed E-state index contributed by atoms with van der Waals surface area (Å²) in [4.78, 5) is 10.2. The number of hydrogen-bond acceptors (Lipinski definition) is 2. The van der Waals surface area contributed by atoms with Crippen molar-refractivity contribution < 1.29 is 0 Å². The van der Waals surface area contributed by atoms with Crippen LogP contribution in [0.1, 0.15) is 0 Å². The Balaban J connectivity index is 1.11. The van der Waals surface area contributed by atoms with E-state index in [4.69, 9.17) is 9.97 Å². The summed E-state index contributed by atoms with van der Waals surface area (Å²) in [5.74, 6) is 0.696. The van der Waals surface area contributed by atoms with Gasteiger partial charge in [-0.2, -0.15) is 0 Å². The summed E-state index contributed by atoms with van der Waals surface area (Å²) in [6, 6.07) is 73.1. The summed E-state index contributed by atoms with van der Waals surface area (Å²) in [6.07, 6.45) is 0. The second-order valence-corrected chi connectivity index (χ2v) is 14.2. The lowest BCUT2D eigenvalue weighted by atomic mass is 10.0. The molecule has 11 aromatic rings. The van der Waals surface area contributed by atoms with Gasteiger partial charge in [0, 0.05) is 49.6 Å².